The number of hydrogen-bond acceptors (Lipinski definition) is 3. The standard InChI is InChI=1S/C16H19FN2O2/c17-12-3-1-2-11(10-12)14-18-16(6-7-16)15(20)19(14)13-4-8-21-9-5-13/h1-3,10,13-14,18H,4-9H2. The van der Waals surface area contributed by atoms with Gasteiger partial charge in [0.2, 0.25) is 5.91 Å². The van der Waals surface area contributed by atoms with Crippen molar-refractivity contribution >= 4 is 5.91 Å². The predicted octanol–water partition coefficient (Wildman–Crippen LogP) is 1.97. The third kappa shape index (κ3) is 2.15. The SMILES string of the molecule is O=C1N(C2CCOCC2)C(c2cccc(F)c2)NC12CC2. The van der Waals surface area contributed by atoms with Gasteiger partial charge in [0.1, 0.15) is 17.5 Å². The zero-order valence-electron chi connectivity index (χ0n) is 11.8. The number of benzene rings is 1. The van der Waals surface area contributed by atoms with Crippen molar-refractivity contribution in [2.24, 2.45) is 0 Å². The molecule has 112 valence electrons. The van der Waals surface area contributed by atoms with Gasteiger partial charge in [-0.3, -0.25) is 10.1 Å². The highest BCUT2D eigenvalue weighted by atomic mass is 19.1. The van der Waals surface area contributed by atoms with Crippen LogP contribution in [0.1, 0.15) is 37.4 Å². The Morgan fingerprint density at radius 3 is 2.71 bits per heavy atom. The number of rotatable bonds is 2. The van der Waals surface area contributed by atoms with Crippen LogP contribution in [0.4, 0.5) is 4.39 Å². The van der Waals surface area contributed by atoms with Crippen molar-refractivity contribution in [3.8, 4) is 0 Å². The molecule has 1 N–H and O–H groups in total. The normalized spacial score (nSPS) is 28.3. The summed E-state index contributed by atoms with van der Waals surface area (Å²) < 4.78 is 18.9. The molecule has 1 aliphatic carbocycles. The second kappa shape index (κ2) is 4.78. The molecule has 4 rings (SSSR count). The van der Waals surface area contributed by atoms with Crippen molar-refractivity contribution in [2.45, 2.75) is 43.4 Å². The Hall–Kier alpha value is -1.46. The number of halogens is 1. The summed E-state index contributed by atoms with van der Waals surface area (Å²) in [5.74, 6) is -0.0749. The Bertz CT molecular complexity index is 567. The van der Waals surface area contributed by atoms with Crippen molar-refractivity contribution in [2.75, 3.05) is 13.2 Å². The molecular formula is C16H19FN2O2. The third-order valence-corrected chi connectivity index (χ3v) is 4.83. The van der Waals surface area contributed by atoms with Crippen LogP contribution in [0.5, 0.6) is 0 Å². The molecule has 1 aromatic rings. The average Bonchev–Trinajstić information content (AvgIpc) is 3.22. The summed E-state index contributed by atoms with van der Waals surface area (Å²) in [4.78, 5) is 14.7. The first-order valence-electron chi connectivity index (χ1n) is 7.63. The first-order chi connectivity index (χ1) is 10.2. The molecule has 2 aliphatic heterocycles. The van der Waals surface area contributed by atoms with Crippen LogP contribution in [-0.4, -0.2) is 35.6 Å². The lowest BCUT2D eigenvalue weighted by Gasteiger charge is -2.35. The highest BCUT2D eigenvalue weighted by molar-refractivity contribution is 5.92. The Morgan fingerprint density at radius 1 is 1.29 bits per heavy atom. The minimum Gasteiger partial charge on any atom is -0.381 e. The maximum Gasteiger partial charge on any atom is 0.244 e. The summed E-state index contributed by atoms with van der Waals surface area (Å²) in [6.07, 6.45) is 3.28. The van der Waals surface area contributed by atoms with Crippen LogP contribution >= 0.6 is 0 Å². The maximum atomic E-state index is 13.5. The van der Waals surface area contributed by atoms with Gasteiger partial charge in [-0.15, -0.1) is 0 Å². The van der Waals surface area contributed by atoms with Crippen LogP contribution in [0, 0.1) is 5.82 Å². The molecule has 4 nitrogen and oxygen atoms in total. The molecule has 5 heteroatoms. The van der Waals surface area contributed by atoms with E-state index in [1.807, 2.05) is 11.0 Å². The van der Waals surface area contributed by atoms with Gasteiger partial charge in [-0.25, -0.2) is 4.39 Å². The Kier molecular flexibility index (Phi) is 3.01. The van der Waals surface area contributed by atoms with E-state index in [9.17, 15) is 9.18 Å². The molecule has 1 atom stereocenters. The van der Waals surface area contributed by atoms with Crippen molar-refractivity contribution < 1.29 is 13.9 Å². The van der Waals surface area contributed by atoms with E-state index in [2.05, 4.69) is 5.32 Å². The third-order valence-electron chi connectivity index (χ3n) is 4.83. The van der Waals surface area contributed by atoms with E-state index in [1.165, 1.54) is 12.1 Å². The number of hydrogen-bond donors (Lipinski definition) is 1. The molecule has 3 aliphatic rings. The molecule has 1 spiro atoms. The Labute approximate surface area is 123 Å². The van der Waals surface area contributed by atoms with E-state index >= 15 is 0 Å². The lowest BCUT2D eigenvalue weighted by Crippen LogP contribution is -2.43. The molecule has 0 bridgehead atoms. The first-order valence-corrected chi connectivity index (χ1v) is 7.63. The molecule has 2 heterocycles. The van der Waals surface area contributed by atoms with Gasteiger partial charge in [0.25, 0.3) is 0 Å². The van der Waals surface area contributed by atoms with E-state index in [0.717, 1.165) is 31.2 Å². The highest BCUT2D eigenvalue weighted by Crippen LogP contribution is 2.47. The molecule has 3 fully saturated rings. The van der Waals surface area contributed by atoms with E-state index in [-0.39, 0.29) is 29.5 Å². The van der Waals surface area contributed by atoms with Gasteiger partial charge in [-0.1, -0.05) is 12.1 Å². The number of nitrogens with zero attached hydrogens (tertiary/aromatic N) is 1. The largest absolute Gasteiger partial charge is 0.381 e. The topological polar surface area (TPSA) is 41.6 Å². The first kappa shape index (κ1) is 13.2. The molecule has 2 saturated heterocycles. The molecule has 21 heavy (non-hydrogen) atoms. The quantitative estimate of drug-likeness (QED) is 0.905. The fourth-order valence-corrected chi connectivity index (χ4v) is 3.50. The molecule has 1 aromatic carbocycles. The molecule has 0 aromatic heterocycles. The second-order valence-corrected chi connectivity index (χ2v) is 6.24. The Morgan fingerprint density at radius 2 is 2.05 bits per heavy atom. The van der Waals surface area contributed by atoms with E-state index in [1.54, 1.807) is 6.07 Å². The lowest BCUT2D eigenvalue weighted by molar-refractivity contribution is -0.135. The molecule has 0 radical (unpaired) electrons. The van der Waals surface area contributed by atoms with E-state index < -0.39 is 0 Å². The molecule has 1 unspecified atom stereocenters. The predicted molar refractivity (Wildman–Crippen MR) is 74.9 cm³/mol. The number of carbonyl (C=O) groups is 1. The van der Waals surface area contributed by atoms with Crippen LogP contribution in [0.25, 0.3) is 0 Å². The Balaban J connectivity index is 1.68. The summed E-state index contributed by atoms with van der Waals surface area (Å²) in [7, 11) is 0. The van der Waals surface area contributed by atoms with Gasteiger partial charge in [-0.05, 0) is 43.4 Å². The molecular weight excluding hydrogens is 271 g/mol. The minimum absolute atomic E-state index is 0.184. The number of nitrogens with one attached hydrogen (secondary N) is 1. The summed E-state index contributed by atoms with van der Waals surface area (Å²) in [5, 5.41) is 3.45. The zero-order valence-corrected chi connectivity index (χ0v) is 11.8. The van der Waals surface area contributed by atoms with Gasteiger partial charge >= 0.3 is 0 Å². The molecule has 1 saturated carbocycles. The van der Waals surface area contributed by atoms with Crippen molar-refractivity contribution in [3.63, 3.8) is 0 Å². The number of ether oxygens (including phenoxy) is 1. The fourth-order valence-electron chi connectivity index (χ4n) is 3.50. The van der Waals surface area contributed by atoms with E-state index in [0.29, 0.717) is 13.2 Å². The van der Waals surface area contributed by atoms with Gasteiger partial charge < -0.3 is 9.64 Å². The smallest absolute Gasteiger partial charge is 0.244 e. The van der Waals surface area contributed by atoms with Gasteiger partial charge in [0, 0.05) is 19.3 Å². The van der Waals surface area contributed by atoms with Crippen molar-refractivity contribution in [1.82, 2.24) is 10.2 Å². The summed E-state index contributed by atoms with van der Waals surface area (Å²) in [5.41, 5.74) is 0.452. The maximum absolute atomic E-state index is 13.5. The number of carbonyl (C=O) groups excluding carboxylic acids is 1. The summed E-state index contributed by atoms with van der Waals surface area (Å²) in [6.45, 7) is 1.38. The average molecular weight is 290 g/mol. The van der Waals surface area contributed by atoms with Gasteiger partial charge in [-0.2, -0.15) is 0 Å². The van der Waals surface area contributed by atoms with Crippen LogP contribution in [0.15, 0.2) is 24.3 Å². The summed E-state index contributed by atoms with van der Waals surface area (Å²) in [6, 6.07) is 6.75. The van der Waals surface area contributed by atoms with Crippen molar-refractivity contribution in [3.05, 3.63) is 35.6 Å². The van der Waals surface area contributed by atoms with Crippen LogP contribution < -0.4 is 5.32 Å². The van der Waals surface area contributed by atoms with Crippen LogP contribution in [-0.2, 0) is 9.53 Å². The molecule has 1 amide bonds. The zero-order chi connectivity index (χ0) is 14.4. The van der Waals surface area contributed by atoms with Crippen LogP contribution in [0.3, 0.4) is 0 Å². The summed E-state index contributed by atoms with van der Waals surface area (Å²) >= 11 is 0. The minimum atomic E-state index is -0.380. The van der Waals surface area contributed by atoms with E-state index in [4.69, 9.17) is 4.74 Å². The lowest BCUT2D eigenvalue weighted by atomic mass is 10.0. The highest BCUT2D eigenvalue weighted by Gasteiger charge is 2.60. The van der Waals surface area contributed by atoms with Gasteiger partial charge in [0.15, 0.2) is 0 Å². The van der Waals surface area contributed by atoms with Crippen LogP contribution in [0.2, 0.25) is 0 Å². The van der Waals surface area contributed by atoms with Crippen molar-refractivity contribution in [1.29, 1.82) is 0 Å². The monoisotopic (exact) mass is 290 g/mol. The second-order valence-electron chi connectivity index (χ2n) is 6.24. The van der Waals surface area contributed by atoms with Gasteiger partial charge in [0.05, 0.1) is 0 Å². The fraction of sp³-hybridized carbons (Fsp3) is 0.562. The number of amides is 1.